The summed E-state index contributed by atoms with van der Waals surface area (Å²) in [5.74, 6) is 0.300. The molecule has 1 aromatic carbocycles. The van der Waals surface area contributed by atoms with Crippen LogP contribution in [0.4, 0.5) is 5.95 Å². The number of fused-ring (bicyclic) bond motifs is 1. The Bertz CT molecular complexity index is 1280. The van der Waals surface area contributed by atoms with Crippen molar-refractivity contribution in [3.05, 3.63) is 70.3 Å². The van der Waals surface area contributed by atoms with E-state index in [1.807, 2.05) is 45.3 Å². The highest BCUT2D eigenvalue weighted by Crippen LogP contribution is 2.31. The highest BCUT2D eigenvalue weighted by atomic mass is 35.5. The molecule has 1 amide bonds. The van der Waals surface area contributed by atoms with Crippen LogP contribution in [0.5, 0.6) is 0 Å². The number of anilines is 1. The van der Waals surface area contributed by atoms with Gasteiger partial charge in [-0.25, -0.2) is 9.97 Å². The fourth-order valence-electron chi connectivity index (χ4n) is 3.77. The van der Waals surface area contributed by atoms with Crippen molar-refractivity contribution < 1.29 is 4.79 Å². The summed E-state index contributed by atoms with van der Waals surface area (Å²) in [6.07, 6.45) is 5.60. The molecule has 0 saturated carbocycles. The third kappa shape index (κ3) is 4.16. The molecule has 0 bridgehead atoms. The second-order valence-electron chi connectivity index (χ2n) is 7.92. The van der Waals surface area contributed by atoms with E-state index in [1.165, 1.54) is 0 Å². The predicted octanol–water partition coefficient (Wildman–Crippen LogP) is 4.33. The maximum atomic E-state index is 13.1. The van der Waals surface area contributed by atoms with E-state index in [2.05, 4.69) is 32.2 Å². The van der Waals surface area contributed by atoms with Gasteiger partial charge in [0.1, 0.15) is 0 Å². The lowest BCUT2D eigenvalue weighted by Crippen LogP contribution is -2.27. The molecule has 3 aromatic heterocycles. The maximum Gasteiger partial charge on any atom is 0.255 e. The Balaban J connectivity index is 1.58. The quantitative estimate of drug-likeness (QED) is 0.458. The topological polar surface area (TPSA) is 86.8 Å². The minimum absolute atomic E-state index is 0.228. The molecule has 0 radical (unpaired) electrons. The smallest absolute Gasteiger partial charge is 0.255 e. The average Bonchev–Trinajstić information content (AvgIpc) is 3.13. The third-order valence-corrected chi connectivity index (χ3v) is 5.76. The monoisotopic (exact) mass is 448 g/mol. The van der Waals surface area contributed by atoms with Crippen molar-refractivity contribution in [3.8, 4) is 11.3 Å². The van der Waals surface area contributed by atoms with Crippen LogP contribution in [0.2, 0.25) is 5.02 Å². The van der Waals surface area contributed by atoms with E-state index >= 15 is 0 Å². The molecule has 2 N–H and O–H groups in total. The van der Waals surface area contributed by atoms with Crippen LogP contribution in [-0.2, 0) is 6.42 Å². The number of aromatic amines is 1. The van der Waals surface area contributed by atoms with E-state index in [1.54, 1.807) is 23.5 Å². The number of carbonyl (C=O) groups is 1. The molecule has 7 nitrogen and oxygen atoms in total. The second kappa shape index (κ2) is 8.96. The number of carbonyl (C=O) groups excluding carboxylic acids is 1. The molecule has 164 valence electrons. The standard InChI is InChI=1S/C24H25ClN6O/c1-14-7-8-19(25)20-17(15(2)29-21(14)20)9-11-27-23(32)18-13-28-24(31(3)4)30-22(18)16-6-5-10-26-12-16/h5-8,10,12-13,29H,9,11H2,1-4H3,(H,27,32). The van der Waals surface area contributed by atoms with Gasteiger partial charge in [-0.05, 0) is 49.6 Å². The van der Waals surface area contributed by atoms with Gasteiger partial charge in [0.05, 0.1) is 21.8 Å². The molecule has 4 rings (SSSR count). The van der Waals surface area contributed by atoms with Gasteiger partial charge in [-0.1, -0.05) is 17.7 Å². The summed E-state index contributed by atoms with van der Waals surface area (Å²) in [6.45, 7) is 4.54. The zero-order valence-electron chi connectivity index (χ0n) is 18.5. The van der Waals surface area contributed by atoms with E-state index in [9.17, 15) is 4.79 Å². The summed E-state index contributed by atoms with van der Waals surface area (Å²) in [5.41, 5.74) is 6.08. The molecular weight excluding hydrogens is 424 g/mol. The van der Waals surface area contributed by atoms with Crippen LogP contribution in [0.1, 0.15) is 27.2 Å². The van der Waals surface area contributed by atoms with Crippen LogP contribution >= 0.6 is 11.6 Å². The normalized spacial score (nSPS) is 11.0. The molecule has 0 atom stereocenters. The number of H-pyrrole nitrogens is 1. The summed E-state index contributed by atoms with van der Waals surface area (Å²) in [7, 11) is 3.72. The number of rotatable bonds is 6. The Kier molecular flexibility index (Phi) is 6.10. The van der Waals surface area contributed by atoms with Gasteiger partial charge in [0.2, 0.25) is 5.95 Å². The summed E-state index contributed by atoms with van der Waals surface area (Å²) in [6, 6.07) is 7.62. The number of pyridine rings is 1. The minimum Gasteiger partial charge on any atom is -0.358 e. The molecule has 0 aliphatic heterocycles. The van der Waals surface area contributed by atoms with Crippen molar-refractivity contribution in [2.45, 2.75) is 20.3 Å². The summed E-state index contributed by atoms with van der Waals surface area (Å²) >= 11 is 6.48. The third-order valence-electron chi connectivity index (χ3n) is 5.45. The van der Waals surface area contributed by atoms with E-state index in [0.29, 0.717) is 35.2 Å². The van der Waals surface area contributed by atoms with Gasteiger partial charge in [0, 0.05) is 55.9 Å². The van der Waals surface area contributed by atoms with E-state index in [0.717, 1.165) is 33.3 Å². The van der Waals surface area contributed by atoms with E-state index < -0.39 is 0 Å². The zero-order chi connectivity index (χ0) is 22.8. The molecule has 3 heterocycles. The number of benzene rings is 1. The molecule has 4 aromatic rings. The maximum absolute atomic E-state index is 13.1. The molecule has 0 unspecified atom stereocenters. The Morgan fingerprint density at radius 2 is 2.00 bits per heavy atom. The predicted molar refractivity (Wildman–Crippen MR) is 128 cm³/mol. The molecular formula is C24H25ClN6O. The number of hydrogen-bond donors (Lipinski definition) is 2. The van der Waals surface area contributed by atoms with Gasteiger partial charge >= 0.3 is 0 Å². The van der Waals surface area contributed by atoms with E-state index in [-0.39, 0.29) is 5.91 Å². The Morgan fingerprint density at radius 3 is 2.72 bits per heavy atom. The van der Waals surface area contributed by atoms with Gasteiger partial charge < -0.3 is 15.2 Å². The van der Waals surface area contributed by atoms with Crippen LogP contribution < -0.4 is 10.2 Å². The Hall–Kier alpha value is -3.45. The molecule has 8 heteroatoms. The summed E-state index contributed by atoms with van der Waals surface area (Å²) in [4.78, 5) is 31.4. The first-order valence-electron chi connectivity index (χ1n) is 10.4. The fraction of sp³-hybridized carbons (Fsp3) is 0.250. The van der Waals surface area contributed by atoms with Crippen molar-refractivity contribution >= 4 is 34.4 Å². The number of aryl methyl sites for hydroxylation is 2. The number of aromatic nitrogens is 4. The van der Waals surface area contributed by atoms with Crippen molar-refractivity contribution in [2.24, 2.45) is 0 Å². The number of halogens is 1. The van der Waals surface area contributed by atoms with Gasteiger partial charge in [-0.2, -0.15) is 0 Å². The Labute approximate surface area is 191 Å². The van der Waals surface area contributed by atoms with Crippen LogP contribution in [0, 0.1) is 13.8 Å². The molecule has 0 aliphatic carbocycles. The highest BCUT2D eigenvalue weighted by molar-refractivity contribution is 6.35. The summed E-state index contributed by atoms with van der Waals surface area (Å²) in [5, 5.41) is 4.74. The lowest BCUT2D eigenvalue weighted by molar-refractivity contribution is 0.0954. The first kappa shape index (κ1) is 21.8. The zero-order valence-corrected chi connectivity index (χ0v) is 19.3. The Morgan fingerprint density at radius 1 is 1.19 bits per heavy atom. The molecule has 32 heavy (non-hydrogen) atoms. The van der Waals surface area contributed by atoms with Crippen molar-refractivity contribution in [1.82, 2.24) is 25.3 Å². The number of nitrogens with zero attached hydrogens (tertiary/aromatic N) is 4. The van der Waals surface area contributed by atoms with Crippen LogP contribution in [0.25, 0.3) is 22.2 Å². The van der Waals surface area contributed by atoms with Gasteiger partial charge in [-0.15, -0.1) is 0 Å². The molecule has 0 aliphatic rings. The van der Waals surface area contributed by atoms with Crippen molar-refractivity contribution in [3.63, 3.8) is 0 Å². The van der Waals surface area contributed by atoms with Crippen LogP contribution in [0.3, 0.4) is 0 Å². The van der Waals surface area contributed by atoms with Crippen molar-refractivity contribution in [1.29, 1.82) is 0 Å². The van der Waals surface area contributed by atoms with E-state index in [4.69, 9.17) is 11.6 Å². The number of hydrogen-bond acceptors (Lipinski definition) is 5. The van der Waals surface area contributed by atoms with Gasteiger partial charge in [-0.3, -0.25) is 9.78 Å². The average molecular weight is 449 g/mol. The van der Waals surface area contributed by atoms with Gasteiger partial charge in [0.15, 0.2) is 0 Å². The molecule has 0 spiro atoms. The van der Waals surface area contributed by atoms with Crippen molar-refractivity contribution in [2.75, 3.05) is 25.5 Å². The lowest BCUT2D eigenvalue weighted by Gasteiger charge is -2.14. The van der Waals surface area contributed by atoms with Gasteiger partial charge in [0.25, 0.3) is 5.91 Å². The van der Waals surface area contributed by atoms with Crippen LogP contribution in [0.15, 0.2) is 42.9 Å². The molecule has 0 fully saturated rings. The van der Waals surface area contributed by atoms with Crippen LogP contribution in [-0.4, -0.2) is 46.5 Å². The second-order valence-corrected chi connectivity index (χ2v) is 8.32. The number of nitrogens with one attached hydrogen (secondary N) is 2. The molecule has 0 saturated heterocycles. The SMILES string of the molecule is Cc1[nH]c2c(C)ccc(Cl)c2c1CCNC(=O)c1cnc(N(C)C)nc1-c1cccnc1. The minimum atomic E-state index is -0.228. The first-order chi connectivity index (χ1) is 15.4. The largest absolute Gasteiger partial charge is 0.358 e. The highest BCUT2D eigenvalue weighted by Gasteiger charge is 2.18. The lowest BCUT2D eigenvalue weighted by atomic mass is 10.1. The number of amides is 1. The first-order valence-corrected chi connectivity index (χ1v) is 10.7. The fourth-order valence-corrected chi connectivity index (χ4v) is 4.05. The summed E-state index contributed by atoms with van der Waals surface area (Å²) < 4.78 is 0.